The number of rotatable bonds is 10. The SMILES string of the molecule is CN1CCN(CCCOc2ccc(SNCCc3c[nH]c4ccccc34)cc2)CC1. The molecule has 0 bridgehead atoms. The summed E-state index contributed by atoms with van der Waals surface area (Å²) in [7, 11) is 2.20. The van der Waals surface area contributed by atoms with Gasteiger partial charge < -0.3 is 19.5 Å². The van der Waals surface area contributed by atoms with Crippen molar-refractivity contribution in [3.8, 4) is 5.75 Å². The second-order valence-electron chi connectivity index (χ2n) is 7.92. The molecule has 0 amide bonds. The smallest absolute Gasteiger partial charge is 0.119 e. The Labute approximate surface area is 183 Å². The average molecular weight is 425 g/mol. The van der Waals surface area contributed by atoms with Crippen molar-refractivity contribution < 1.29 is 4.74 Å². The largest absolute Gasteiger partial charge is 0.494 e. The summed E-state index contributed by atoms with van der Waals surface area (Å²) in [6, 6.07) is 16.8. The molecule has 5 nitrogen and oxygen atoms in total. The number of likely N-dealkylation sites (N-methyl/N-ethyl adjacent to an activating group) is 1. The van der Waals surface area contributed by atoms with Gasteiger partial charge in [0.25, 0.3) is 0 Å². The van der Waals surface area contributed by atoms with Gasteiger partial charge in [0.2, 0.25) is 0 Å². The van der Waals surface area contributed by atoms with Gasteiger partial charge in [0.1, 0.15) is 5.75 Å². The number of H-pyrrole nitrogens is 1. The minimum atomic E-state index is 0.779. The first-order chi connectivity index (χ1) is 14.8. The lowest BCUT2D eigenvalue weighted by atomic mass is 10.1. The summed E-state index contributed by atoms with van der Waals surface area (Å²) in [5.74, 6) is 0.955. The van der Waals surface area contributed by atoms with Crippen molar-refractivity contribution in [3.63, 3.8) is 0 Å². The molecule has 0 atom stereocenters. The molecule has 30 heavy (non-hydrogen) atoms. The number of aromatic nitrogens is 1. The van der Waals surface area contributed by atoms with Crippen molar-refractivity contribution in [2.24, 2.45) is 0 Å². The van der Waals surface area contributed by atoms with Crippen LogP contribution in [0.4, 0.5) is 0 Å². The van der Waals surface area contributed by atoms with E-state index < -0.39 is 0 Å². The number of nitrogens with zero attached hydrogens (tertiary/aromatic N) is 2. The Bertz CT molecular complexity index is 903. The summed E-state index contributed by atoms with van der Waals surface area (Å²) in [5, 5.41) is 1.32. The van der Waals surface area contributed by atoms with Crippen LogP contribution in [0.2, 0.25) is 0 Å². The third-order valence-electron chi connectivity index (χ3n) is 5.67. The third kappa shape index (κ3) is 6.01. The molecule has 0 spiro atoms. The number of piperazine rings is 1. The van der Waals surface area contributed by atoms with Crippen LogP contribution in [0.15, 0.2) is 59.6 Å². The molecule has 1 saturated heterocycles. The summed E-state index contributed by atoms with van der Waals surface area (Å²) < 4.78 is 9.39. The predicted molar refractivity (Wildman–Crippen MR) is 126 cm³/mol. The second kappa shape index (κ2) is 10.9. The molecule has 0 unspecified atom stereocenters. The van der Waals surface area contributed by atoms with E-state index in [-0.39, 0.29) is 0 Å². The lowest BCUT2D eigenvalue weighted by Gasteiger charge is -2.32. The van der Waals surface area contributed by atoms with Crippen LogP contribution in [0.3, 0.4) is 0 Å². The zero-order valence-corrected chi connectivity index (χ0v) is 18.6. The molecule has 1 aliphatic heterocycles. The Kier molecular flexibility index (Phi) is 7.70. The van der Waals surface area contributed by atoms with Crippen LogP contribution in [-0.4, -0.2) is 67.7 Å². The van der Waals surface area contributed by atoms with E-state index in [0.29, 0.717) is 0 Å². The fourth-order valence-corrected chi connectivity index (χ4v) is 4.46. The van der Waals surface area contributed by atoms with Gasteiger partial charge in [0.15, 0.2) is 0 Å². The first-order valence-electron chi connectivity index (χ1n) is 10.9. The van der Waals surface area contributed by atoms with Gasteiger partial charge in [-0.1, -0.05) is 18.2 Å². The van der Waals surface area contributed by atoms with Gasteiger partial charge >= 0.3 is 0 Å². The highest BCUT2D eigenvalue weighted by atomic mass is 32.2. The van der Waals surface area contributed by atoms with E-state index in [1.54, 1.807) is 11.9 Å². The van der Waals surface area contributed by atoms with E-state index in [0.717, 1.165) is 38.3 Å². The fourth-order valence-electron chi connectivity index (χ4n) is 3.81. The summed E-state index contributed by atoms with van der Waals surface area (Å²) in [5.41, 5.74) is 2.57. The monoisotopic (exact) mass is 424 g/mol. The molecule has 0 aliphatic carbocycles. The Hall–Kier alpha value is -1.99. The number of aromatic amines is 1. The number of hydrogen-bond acceptors (Lipinski definition) is 5. The molecule has 1 aromatic heterocycles. The first kappa shape index (κ1) is 21.2. The summed E-state index contributed by atoms with van der Waals surface area (Å²) in [6.07, 6.45) is 4.20. The number of benzene rings is 2. The average Bonchev–Trinajstić information content (AvgIpc) is 3.20. The molecule has 2 heterocycles. The molecule has 2 aromatic carbocycles. The standard InChI is InChI=1S/C24H32N4OS/c1-27-14-16-28(17-15-27)13-4-18-29-21-7-9-22(10-8-21)30-26-12-11-20-19-25-24-6-3-2-5-23(20)24/h2-3,5-10,19,25-26H,4,11-18H2,1H3. The van der Waals surface area contributed by atoms with Crippen molar-refractivity contribution in [2.75, 3.05) is 52.9 Å². The molecule has 160 valence electrons. The second-order valence-corrected chi connectivity index (χ2v) is 8.89. The van der Waals surface area contributed by atoms with Crippen LogP contribution in [-0.2, 0) is 6.42 Å². The predicted octanol–water partition coefficient (Wildman–Crippen LogP) is 4.02. The van der Waals surface area contributed by atoms with E-state index in [9.17, 15) is 0 Å². The zero-order chi connectivity index (χ0) is 20.6. The van der Waals surface area contributed by atoms with Crippen molar-refractivity contribution in [3.05, 3.63) is 60.3 Å². The van der Waals surface area contributed by atoms with Gasteiger partial charge in [-0.2, -0.15) is 0 Å². The van der Waals surface area contributed by atoms with E-state index in [4.69, 9.17) is 4.74 Å². The summed E-state index contributed by atoms with van der Waals surface area (Å²) >= 11 is 1.68. The van der Waals surface area contributed by atoms with E-state index in [1.165, 1.54) is 47.5 Å². The van der Waals surface area contributed by atoms with Gasteiger partial charge in [-0.05, 0) is 67.7 Å². The lowest BCUT2D eigenvalue weighted by Crippen LogP contribution is -2.44. The molecule has 0 radical (unpaired) electrons. The van der Waals surface area contributed by atoms with E-state index >= 15 is 0 Å². The highest BCUT2D eigenvalue weighted by Gasteiger charge is 2.12. The number of para-hydroxylation sites is 1. The quantitative estimate of drug-likeness (QED) is 0.380. The van der Waals surface area contributed by atoms with Crippen LogP contribution in [0.5, 0.6) is 5.75 Å². The molecule has 6 heteroatoms. The normalized spacial score (nSPS) is 15.6. The van der Waals surface area contributed by atoms with Crippen LogP contribution in [0.1, 0.15) is 12.0 Å². The topological polar surface area (TPSA) is 43.5 Å². The van der Waals surface area contributed by atoms with Crippen LogP contribution in [0.25, 0.3) is 10.9 Å². The van der Waals surface area contributed by atoms with E-state index in [2.05, 4.69) is 81.3 Å². The Morgan fingerprint density at radius 3 is 2.67 bits per heavy atom. The van der Waals surface area contributed by atoms with Gasteiger partial charge in [-0.15, -0.1) is 0 Å². The molecule has 2 N–H and O–H groups in total. The molecular weight excluding hydrogens is 392 g/mol. The molecule has 3 aromatic rings. The Balaban J connectivity index is 1.12. The molecule has 1 aliphatic rings. The maximum Gasteiger partial charge on any atom is 0.119 e. The first-order valence-corrected chi connectivity index (χ1v) is 11.7. The number of ether oxygens (including phenoxy) is 1. The molecule has 1 fully saturated rings. The van der Waals surface area contributed by atoms with Crippen molar-refractivity contribution in [1.29, 1.82) is 0 Å². The minimum absolute atomic E-state index is 0.779. The lowest BCUT2D eigenvalue weighted by molar-refractivity contribution is 0.145. The minimum Gasteiger partial charge on any atom is -0.494 e. The van der Waals surface area contributed by atoms with Crippen LogP contribution >= 0.6 is 11.9 Å². The molecule has 4 rings (SSSR count). The number of nitrogens with one attached hydrogen (secondary N) is 2. The van der Waals surface area contributed by atoms with Gasteiger partial charge in [-0.25, -0.2) is 0 Å². The maximum atomic E-state index is 5.92. The number of hydrogen-bond donors (Lipinski definition) is 2. The maximum absolute atomic E-state index is 5.92. The van der Waals surface area contributed by atoms with E-state index in [1.807, 2.05) is 0 Å². The van der Waals surface area contributed by atoms with Gasteiger partial charge in [0, 0.05) is 61.3 Å². The van der Waals surface area contributed by atoms with Crippen LogP contribution in [0, 0.1) is 0 Å². The Morgan fingerprint density at radius 1 is 1.03 bits per heavy atom. The van der Waals surface area contributed by atoms with Gasteiger partial charge in [0.05, 0.1) is 6.61 Å². The fraction of sp³-hybridized carbons (Fsp3) is 0.417. The molecule has 0 saturated carbocycles. The summed E-state index contributed by atoms with van der Waals surface area (Å²) in [4.78, 5) is 9.47. The van der Waals surface area contributed by atoms with Crippen LogP contribution < -0.4 is 9.46 Å². The highest BCUT2D eigenvalue weighted by molar-refractivity contribution is 7.97. The van der Waals surface area contributed by atoms with Crippen molar-refractivity contribution in [2.45, 2.75) is 17.7 Å². The molecular formula is C24H32N4OS. The third-order valence-corrected chi connectivity index (χ3v) is 6.52. The van der Waals surface area contributed by atoms with Gasteiger partial charge in [-0.3, -0.25) is 4.72 Å². The van der Waals surface area contributed by atoms with Crippen molar-refractivity contribution in [1.82, 2.24) is 19.5 Å². The van der Waals surface area contributed by atoms with Crippen molar-refractivity contribution >= 4 is 22.9 Å². The highest BCUT2D eigenvalue weighted by Crippen LogP contribution is 2.21. The zero-order valence-electron chi connectivity index (χ0n) is 17.8. The Morgan fingerprint density at radius 2 is 1.83 bits per heavy atom. The summed E-state index contributed by atoms with van der Waals surface area (Å²) in [6.45, 7) is 7.54. The number of fused-ring (bicyclic) bond motifs is 1.